The Morgan fingerprint density at radius 3 is 2.31 bits per heavy atom. The van der Waals surface area contributed by atoms with Gasteiger partial charge in [-0.15, -0.1) is 0 Å². The minimum absolute atomic E-state index is 0.454. The monoisotopic (exact) mass is 494 g/mol. The van der Waals surface area contributed by atoms with Crippen LogP contribution in [0.15, 0.2) is 42.5 Å². The zero-order valence-electron chi connectivity index (χ0n) is 21.6. The standard InChI is InChI=1S/C27H34N4O5/c1-17-11-12-20(19(3)15-17)23(24(33)29-21-10-8-7-9-18(21)2)31(14-13-28)25(34)22(16-32)30-26(35)36-27(4,5)6/h7-12,15,22-23,32H,14,16H2,1-6H3,(H,29,33)(H,30,35). The van der Waals surface area contributed by atoms with Crippen LogP contribution in [0.25, 0.3) is 0 Å². The summed E-state index contributed by atoms with van der Waals surface area (Å²) in [4.78, 5) is 40.6. The average Bonchev–Trinajstić information content (AvgIpc) is 2.78. The van der Waals surface area contributed by atoms with Crippen molar-refractivity contribution in [2.75, 3.05) is 18.5 Å². The molecule has 2 aromatic rings. The summed E-state index contributed by atoms with van der Waals surface area (Å²) in [7, 11) is 0. The molecule has 36 heavy (non-hydrogen) atoms. The number of hydrogen-bond acceptors (Lipinski definition) is 6. The van der Waals surface area contributed by atoms with Gasteiger partial charge in [0.1, 0.15) is 24.2 Å². The fourth-order valence-corrected chi connectivity index (χ4v) is 3.71. The van der Waals surface area contributed by atoms with Crippen LogP contribution < -0.4 is 10.6 Å². The van der Waals surface area contributed by atoms with Crippen molar-refractivity contribution in [3.63, 3.8) is 0 Å². The highest BCUT2D eigenvalue weighted by Crippen LogP contribution is 2.28. The van der Waals surface area contributed by atoms with Gasteiger partial charge in [0.2, 0.25) is 5.91 Å². The van der Waals surface area contributed by atoms with E-state index in [0.717, 1.165) is 21.6 Å². The van der Waals surface area contributed by atoms with E-state index in [-0.39, 0.29) is 0 Å². The first kappa shape index (κ1) is 28.3. The highest BCUT2D eigenvalue weighted by molar-refractivity contribution is 5.99. The summed E-state index contributed by atoms with van der Waals surface area (Å²) in [5, 5.41) is 24.7. The number of ether oxygens (including phenoxy) is 1. The molecule has 0 aliphatic rings. The fourth-order valence-electron chi connectivity index (χ4n) is 3.71. The predicted molar refractivity (Wildman–Crippen MR) is 136 cm³/mol. The van der Waals surface area contributed by atoms with E-state index in [0.29, 0.717) is 11.3 Å². The van der Waals surface area contributed by atoms with E-state index in [4.69, 9.17) is 4.74 Å². The summed E-state index contributed by atoms with van der Waals surface area (Å²) in [6.07, 6.45) is -0.903. The van der Waals surface area contributed by atoms with E-state index >= 15 is 0 Å². The summed E-state index contributed by atoms with van der Waals surface area (Å²) in [6, 6.07) is 11.9. The van der Waals surface area contributed by atoms with E-state index in [1.165, 1.54) is 0 Å². The number of carbonyl (C=O) groups is 3. The lowest BCUT2D eigenvalue weighted by atomic mass is 9.96. The fraction of sp³-hybridized carbons (Fsp3) is 0.407. The number of para-hydroxylation sites is 1. The number of aliphatic hydroxyl groups excluding tert-OH is 1. The third kappa shape index (κ3) is 7.55. The van der Waals surface area contributed by atoms with Crippen molar-refractivity contribution in [3.05, 3.63) is 64.7 Å². The molecule has 0 aliphatic heterocycles. The van der Waals surface area contributed by atoms with Crippen molar-refractivity contribution in [1.82, 2.24) is 10.2 Å². The smallest absolute Gasteiger partial charge is 0.408 e. The summed E-state index contributed by atoms with van der Waals surface area (Å²) < 4.78 is 5.20. The van der Waals surface area contributed by atoms with Crippen molar-refractivity contribution in [2.24, 2.45) is 0 Å². The predicted octanol–water partition coefficient (Wildman–Crippen LogP) is 3.53. The number of benzene rings is 2. The van der Waals surface area contributed by atoms with Gasteiger partial charge in [-0.1, -0.05) is 42.0 Å². The lowest BCUT2D eigenvalue weighted by molar-refractivity contribution is -0.140. The number of amides is 3. The lowest BCUT2D eigenvalue weighted by Crippen LogP contribution is -2.54. The number of carbonyl (C=O) groups excluding carboxylic acids is 3. The second-order valence-electron chi connectivity index (χ2n) is 9.57. The first-order chi connectivity index (χ1) is 16.9. The minimum Gasteiger partial charge on any atom is -0.444 e. The van der Waals surface area contributed by atoms with Crippen molar-refractivity contribution in [1.29, 1.82) is 5.26 Å². The Kier molecular flexibility index (Phi) is 9.59. The molecule has 2 atom stereocenters. The molecule has 0 spiro atoms. The van der Waals surface area contributed by atoms with E-state index < -0.39 is 48.7 Å². The number of nitrogens with one attached hydrogen (secondary N) is 2. The van der Waals surface area contributed by atoms with Crippen molar-refractivity contribution < 1.29 is 24.2 Å². The van der Waals surface area contributed by atoms with Crippen LogP contribution in [0.4, 0.5) is 10.5 Å². The van der Waals surface area contributed by atoms with Gasteiger partial charge in [0.05, 0.1) is 12.7 Å². The zero-order chi connectivity index (χ0) is 27.0. The van der Waals surface area contributed by atoms with E-state index in [1.54, 1.807) is 39.0 Å². The molecule has 0 aliphatic carbocycles. The molecular formula is C27H34N4O5. The maximum atomic E-state index is 13.7. The molecule has 0 saturated carbocycles. The number of anilines is 1. The number of aryl methyl sites for hydroxylation is 3. The normalized spacial score (nSPS) is 12.6. The van der Waals surface area contributed by atoms with Gasteiger partial charge in [-0.2, -0.15) is 5.26 Å². The summed E-state index contributed by atoms with van der Waals surface area (Å²) in [6.45, 7) is 9.34. The van der Waals surface area contributed by atoms with E-state index in [2.05, 4.69) is 10.6 Å². The Morgan fingerprint density at radius 1 is 1.08 bits per heavy atom. The molecule has 0 fully saturated rings. The molecule has 3 amide bonds. The largest absolute Gasteiger partial charge is 0.444 e. The highest BCUT2D eigenvalue weighted by Gasteiger charge is 2.37. The van der Waals surface area contributed by atoms with Crippen molar-refractivity contribution in [2.45, 2.75) is 59.2 Å². The molecule has 0 bridgehead atoms. The molecule has 0 aromatic heterocycles. The Hall–Kier alpha value is -3.90. The summed E-state index contributed by atoms with van der Waals surface area (Å²) in [5.41, 5.74) is 2.79. The minimum atomic E-state index is -1.42. The van der Waals surface area contributed by atoms with E-state index in [1.807, 2.05) is 51.1 Å². The molecule has 192 valence electrons. The number of hydrogen-bond donors (Lipinski definition) is 3. The molecule has 2 rings (SSSR count). The Balaban J connectivity index is 2.51. The Labute approximate surface area is 212 Å². The van der Waals surface area contributed by atoms with E-state index in [9.17, 15) is 24.8 Å². The quantitative estimate of drug-likeness (QED) is 0.481. The van der Waals surface area contributed by atoms with Gasteiger partial charge in [-0.25, -0.2) is 4.79 Å². The third-order valence-corrected chi connectivity index (χ3v) is 5.38. The molecule has 9 nitrogen and oxygen atoms in total. The summed E-state index contributed by atoms with van der Waals surface area (Å²) in [5.74, 6) is -1.33. The average molecular weight is 495 g/mol. The van der Waals surface area contributed by atoms with Gasteiger partial charge in [0, 0.05) is 5.69 Å². The topological polar surface area (TPSA) is 132 Å². The number of alkyl carbamates (subject to hydrolysis) is 1. The molecule has 2 unspecified atom stereocenters. The van der Waals surface area contributed by atoms with Gasteiger partial charge in [-0.3, -0.25) is 9.59 Å². The van der Waals surface area contributed by atoms with Gasteiger partial charge in [0.15, 0.2) is 0 Å². The molecule has 0 heterocycles. The first-order valence-corrected chi connectivity index (χ1v) is 11.6. The van der Waals surface area contributed by atoms with Crippen molar-refractivity contribution in [3.8, 4) is 6.07 Å². The Morgan fingerprint density at radius 2 is 1.75 bits per heavy atom. The zero-order valence-corrected chi connectivity index (χ0v) is 21.6. The van der Waals surface area contributed by atoms with Crippen molar-refractivity contribution >= 4 is 23.6 Å². The molecular weight excluding hydrogens is 460 g/mol. The van der Waals surface area contributed by atoms with Crippen LogP contribution in [0.5, 0.6) is 0 Å². The lowest BCUT2D eigenvalue weighted by Gasteiger charge is -2.33. The maximum absolute atomic E-state index is 13.7. The first-order valence-electron chi connectivity index (χ1n) is 11.6. The Bertz CT molecular complexity index is 1150. The van der Waals surface area contributed by atoms with Crippen LogP contribution in [0, 0.1) is 32.1 Å². The highest BCUT2D eigenvalue weighted by atomic mass is 16.6. The SMILES string of the molecule is Cc1ccc(C(C(=O)Nc2ccccc2C)N(CC#N)C(=O)C(CO)NC(=O)OC(C)(C)C)c(C)c1. The molecule has 9 heteroatoms. The van der Waals surface area contributed by atoms with Crippen LogP contribution in [-0.2, 0) is 14.3 Å². The second kappa shape index (κ2) is 12.2. The third-order valence-electron chi connectivity index (χ3n) is 5.38. The maximum Gasteiger partial charge on any atom is 0.408 e. The molecule has 0 radical (unpaired) electrons. The van der Waals surface area contributed by atoms with Gasteiger partial charge < -0.3 is 25.4 Å². The van der Waals surface area contributed by atoms with Gasteiger partial charge in [0.25, 0.3) is 5.91 Å². The van der Waals surface area contributed by atoms with Gasteiger partial charge in [-0.05, 0) is 64.3 Å². The van der Waals surface area contributed by atoms with Crippen LogP contribution >= 0.6 is 0 Å². The number of nitrogens with zero attached hydrogens (tertiary/aromatic N) is 2. The van der Waals surface area contributed by atoms with Gasteiger partial charge >= 0.3 is 6.09 Å². The second-order valence-corrected chi connectivity index (χ2v) is 9.57. The van der Waals surface area contributed by atoms with Crippen LogP contribution in [-0.4, -0.2) is 52.7 Å². The van der Waals surface area contributed by atoms with Crippen LogP contribution in [0.1, 0.15) is 49.1 Å². The number of aliphatic hydroxyl groups is 1. The molecule has 2 aromatic carbocycles. The molecule has 3 N–H and O–H groups in total. The number of rotatable bonds is 8. The summed E-state index contributed by atoms with van der Waals surface area (Å²) >= 11 is 0. The number of nitriles is 1. The van der Waals surface area contributed by atoms with Crippen LogP contribution in [0.3, 0.4) is 0 Å². The van der Waals surface area contributed by atoms with Crippen LogP contribution in [0.2, 0.25) is 0 Å². The molecule has 0 saturated heterocycles.